The van der Waals surface area contributed by atoms with Crippen molar-refractivity contribution in [2.24, 2.45) is 4.99 Å². The second-order valence-electron chi connectivity index (χ2n) is 10.4. The molecule has 40 heavy (non-hydrogen) atoms. The number of hydrogen-bond donors (Lipinski definition) is 2. The first-order valence-electron chi connectivity index (χ1n) is 13.0. The van der Waals surface area contributed by atoms with E-state index in [0.29, 0.717) is 55.0 Å². The SMILES string of the molecule is CCOC(=O)C(C)(C)N1CC2COCC(C1)N2CC1=C(C(=O)O)[C@H](c2ccc(F)cc2Cl)N=C(c2nccs2)N1. The molecule has 1 aromatic carbocycles. The smallest absolute Gasteiger partial charge is 0.335 e. The topological polar surface area (TPSA) is 117 Å². The van der Waals surface area contributed by atoms with E-state index in [-0.39, 0.29) is 35.2 Å². The van der Waals surface area contributed by atoms with Gasteiger partial charge in [0.2, 0.25) is 0 Å². The first-order valence-corrected chi connectivity index (χ1v) is 14.3. The molecule has 0 amide bonds. The number of amidine groups is 1. The van der Waals surface area contributed by atoms with Crippen molar-refractivity contribution in [2.45, 2.75) is 44.4 Å². The van der Waals surface area contributed by atoms with Crippen LogP contribution in [-0.2, 0) is 19.1 Å². The third-order valence-electron chi connectivity index (χ3n) is 7.58. The molecule has 3 aliphatic rings. The monoisotopic (exact) mass is 591 g/mol. The maximum atomic E-state index is 13.9. The van der Waals surface area contributed by atoms with Crippen LogP contribution in [0.15, 0.2) is 46.0 Å². The molecule has 1 aromatic heterocycles. The summed E-state index contributed by atoms with van der Waals surface area (Å²) in [7, 11) is 0. The number of aliphatic carboxylic acids is 1. The number of carboxylic acid groups (broad SMARTS) is 1. The fourth-order valence-electron chi connectivity index (χ4n) is 5.43. The molecule has 2 aromatic rings. The predicted molar refractivity (Wildman–Crippen MR) is 148 cm³/mol. The van der Waals surface area contributed by atoms with Gasteiger partial charge in [-0.05, 0) is 32.9 Å². The number of ether oxygens (including phenoxy) is 2. The standard InChI is InChI=1S/C27H31ClFN5O5S/c1-4-39-26(37)27(2,3)33-10-16-13-38-14-17(11-33)34(16)12-20-21(25(35)36)22(18-6-5-15(29)9-19(18)28)32-23(31-20)24-30-7-8-40-24/h5-9,16-17,22H,4,10-14H2,1-3H3,(H,31,32)(H,35,36)/t16?,17?,22-/m0/s1. The predicted octanol–water partition coefficient (Wildman–Crippen LogP) is 3.09. The first-order chi connectivity index (χ1) is 19.1. The maximum Gasteiger partial charge on any atom is 0.335 e. The van der Waals surface area contributed by atoms with Crippen LogP contribution in [0.2, 0.25) is 5.02 Å². The number of piperazine rings is 1. The van der Waals surface area contributed by atoms with E-state index in [0.717, 1.165) is 6.07 Å². The minimum atomic E-state index is -1.15. The number of rotatable bonds is 8. The number of benzene rings is 1. The van der Waals surface area contributed by atoms with Crippen molar-refractivity contribution in [1.82, 2.24) is 20.1 Å². The zero-order valence-corrected chi connectivity index (χ0v) is 24.0. The van der Waals surface area contributed by atoms with Crippen LogP contribution in [0.4, 0.5) is 4.39 Å². The molecule has 2 N–H and O–H groups in total. The van der Waals surface area contributed by atoms with Crippen LogP contribution in [0.1, 0.15) is 37.4 Å². The Morgan fingerprint density at radius 3 is 2.62 bits per heavy atom. The second kappa shape index (κ2) is 11.5. The molecule has 10 nitrogen and oxygen atoms in total. The van der Waals surface area contributed by atoms with Gasteiger partial charge in [-0.3, -0.25) is 19.6 Å². The summed E-state index contributed by atoms with van der Waals surface area (Å²) in [5.41, 5.74) is 0.0489. The van der Waals surface area contributed by atoms with Crippen molar-refractivity contribution >= 4 is 40.7 Å². The number of carboxylic acids is 1. The van der Waals surface area contributed by atoms with Gasteiger partial charge in [0.25, 0.3) is 0 Å². The van der Waals surface area contributed by atoms with E-state index >= 15 is 0 Å². The lowest BCUT2D eigenvalue weighted by atomic mass is 9.93. The molecule has 3 aliphatic heterocycles. The Kier molecular flexibility index (Phi) is 8.25. The average Bonchev–Trinajstić information content (AvgIpc) is 3.43. The number of halogens is 2. The fourth-order valence-corrected chi connectivity index (χ4v) is 6.29. The number of carbonyl (C=O) groups is 2. The number of aliphatic imine (C=N–C) groups is 1. The van der Waals surface area contributed by atoms with Crippen LogP contribution in [0.5, 0.6) is 0 Å². The van der Waals surface area contributed by atoms with Gasteiger partial charge in [-0.25, -0.2) is 14.2 Å². The van der Waals surface area contributed by atoms with E-state index in [2.05, 4.69) is 25.1 Å². The highest BCUT2D eigenvalue weighted by Gasteiger charge is 2.46. The summed E-state index contributed by atoms with van der Waals surface area (Å²) in [6.45, 7) is 8.03. The lowest BCUT2D eigenvalue weighted by molar-refractivity contribution is -0.164. The van der Waals surface area contributed by atoms with Gasteiger partial charge in [-0.2, -0.15) is 0 Å². The van der Waals surface area contributed by atoms with Gasteiger partial charge in [0.1, 0.15) is 17.4 Å². The van der Waals surface area contributed by atoms with Gasteiger partial charge in [-0.1, -0.05) is 17.7 Å². The minimum absolute atomic E-state index is 0.0297. The molecular formula is C27H31ClFN5O5S. The van der Waals surface area contributed by atoms with E-state index in [4.69, 9.17) is 21.1 Å². The molecule has 5 rings (SSSR count). The average molecular weight is 592 g/mol. The van der Waals surface area contributed by atoms with Crippen molar-refractivity contribution in [1.29, 1.82) is 0 Å². The fraction of sp³-hybridized carbons (Fsp3) is 0.481. The van der Waals surface area contributed by atoms with Gasteiger partial charge in [0, 0.05) is 59.6 Å². The van der Waals surface area contributed by atoms with Crippen molar-refractivity contribution in [3.8, 4) is 0 Å². The molecular weight excluding hydrogens is 561 g/mol. The lowest BCUT2D eigenvalue weighted by Crippen LogP contribution is -2.69. The number of nitrogens with zero attached hydrogens (tertiary/aromatic N) is 4. The molecule has 2 bridgehead atoms. The highest BCUT2D eigenvalue weighted by molar-refractivity contribution is 7.11. The maximum absolute atomic E-state index is 13.9. The highest BCUT2D eigenvalue weighted by Crippen LogP contribution is 2.37. The summed E-state index contributed by atoms with van der Waals surface area (Å²) in [5, 5.41) is 16.1. The summed E-state index contributed by atoms with van der Waals surface area (Å²) >= 11 is 7.77. The number of aromatic nitrogens is 1. The Hall–Kier alpha value is -2.90. The van der Waals surface area contributed by atoms with Crippen molar-refractivity contribution in [3.05, 3.63) is 62.5 Å². The molecule has 2 saturated heterocycles. The van der Waals surface area contributed by atoms with Crippen LogP contribution in [0.25, 0.3) is 0 Å². The highest BCUT2D eigenvalue weighted by atomic mass is 35.5. The van der Waals surface area contributed by atoms with Crippen LogP contribution in [0, 0.1) is 5.82 Å². The third kappa shape index (κ3) is 5.51. The Morgan fingerprint density at radius 2 is 2.02 bits per heavy atom. The first kappa shape index (κ1) is 28.6. The third-order valence-corrected chi connectivity index (χ3v) is 8.68. The summed E-state index contributed by atoms with van der Waals surface area (Å²) in [6.07, 6.45) is 1.65. The van der Waals surface area contributed by atoms with E-state index in [1.165, 1.54) is 23.5 Å². The number of carbonyl (C=O) groups excluding carboxylic acids is 1. The van der Waals surface area contributed by atoms with E-state index < -0.39 is 23.4 Å². The quantitative estimate of drug-likeness (QED) is 0.447. The van der Waals surface area contributed by atoms with Crippen LogP contribution in [-0.4, -0.2) is 94.7 Å². The van der Waals surface area contributed by atoms with Crippen molar-refractivity contribution < 1.29 is 28.6 Å². The van der Waals surface area contributed by atoms with Gasteiger partial charge in [0.05, 0.1) is 25.4 Å². The largest absolute Gasteiger partial charge is 0.478 e. The number of thiazole rings is 1. The zero-order valence-electron chi connectivity index (χ0n) is 22.4. The Labute approximate surface area is 240 Å². The normalized spacial score (nSPS) is 23.9. The number of morpholine rings is 1. The van der Waals surface area contributed by atoms with E-state index in [1.807, 2.05) is 19.2 Å². The summed E-state index contributed by atoms with van der Waals surface area (Å²) in [4.78, 5) is 38.8. The molecule has 0 spiro atoms. The molecule has 2 fully saturated rings. The summed E-state index contributed by atoms with van der Waals surface area (Å²) in [6, 6.07) is 2.70. The minimum Gasteiger partial charge on any atom is -0.478 e. The molecule has 0 aliphatic carbocycles. The molecule has 3 atom stereocenters. The van der Waals surface area contributed by atoms with E-state index in [9.17, 15) is 19.1 Å². The van der Waals surface area contributed by atoms with E-state index in [1.54, 1.807) is 13.1 Å². The summed E-state index contributed by atoms with van der Waals surface area (Å²) in [5.74, 6) is -1.54. The van der Waals surface area contributed by atoms with Crippen molar-refractivity contribution in [2.75, 3.05) is 39.5 Å². The number of fused-ring (bicyclic) bond motifs is 2. The molecule has 2 unspecified atom stereocenters. The zero-order chi connectivity index (χ0) is 28.6. The number of nitrogens with one attached hydrogen (secondary N) is 1. The van der Waals surface area contributed by atoms with Gasteiger partial charge < -0.3 is 19.9 Å². The van der Waals surface area contributed by atoms with Crippen molar-refractivity contribution in [3.63, 3.8) is 0 Å². The molecule has 0 radical (unpaired) electrons. The Bertz CT molecular complexity index is 1340. The molecule has 4 heterocycles. The molecule has 13 heteroatoms. The number of esters is 1. The summed E-state index contributed by atoms with van der Waals surface area (Å²) < 4.78 is 25.1. The second-order valence-corrected chi connectivity index (χ2v) is 11.7. The van der Waals surface area contributed by atoms with Gasteiger partial charge in [0.15, 0.2) is 10.8 Å². The van der Waals surface area contributed by atoms with Crippen LogP contribution in [0.3, 0.4) is 0 Å². The lowest BCUT2D eigenvalue weighted by Gasteiger charge is -2.53. The van der Waals surface area contributed by atoms with Crippen LogP contribution < -0.4 is 5.32 Å². The molecule has 0 saturated carbocycles. The van der Waals surface area contributed by atoms with Crippen LogP contribution >= 0.6 is 22.9 Å². The Balaban J connectivity index is 1.50. The molecule has 214 valence electrons. The van der Waals surface area contributed by atoms with Gasteiger partial charge in [-0.15, -0.1) is 11.3 Å². The number of hydrogen-bond acceptors (Lipinski definition) is 10. The van der Waals surface area contributed by atoms with Gasteiger partial charge >= 0.3 is 11.9 Å². The Morgan fingerprint density at radius 1 is 1.30 bits per heavy atom.